The molecule has 14 heavy (non-hydrogen) atoms. The van der Waals surface area contributed by atoms with E-state index in [4.69, 9.17) is 5.11 Å². The molecule has 1 aromatic carbocycles. The van der Waals surface area contributed by atoms with Crippen LogP contribution >= 0.6 is 12.4 Å². The lowest BCUT2D eigenvalue weighted by Gasteiger charge is -2.12. The molecule has 0 heterocycles. The minimum absolute atomic E-state index is 0. The lowest BCUT2D eigenvalue weighted by Crippen LogP contribution is -2.08. The topological polar surface area (TPSA) is 40.5 Å². The van der Waals surface area contributed by atoms with Crippen LogP contribution in [0, 0.1) is 0 Å². The molecule has 0 unspecified atom stereocenters. The first-order valence-electron chi connectivity index (χ1n) is 4.07. The number of aliphatic carboxylic acids is 1. The van der Waals surface area contributed by atoms with Crippen molar-refractivity contribution in [3.63, 3.8) is 0 Å². The Morgan fingerprint density at radius 2 is 1.79 bits per heavy atom. The van der Waals surface area contributed by atoms with Crippen LogP contribution in [0.25, 0.3) is 0 Å². The van der Waals surface area contributed by atoms with Gasteiger partial charge in [-0.3, -0.25) is 4.79 Å². The van der Waals surface area contributed by atoms with E-state index in [0.717, 1.165) is 11.3 Å². The Balaban J connectivity index is 0.00000169. The minimum atomic E-state index is -0.794. The van der Waals surface area contributed by atoms with E-state index >= 15 is 0 Å². The Bertz CT molecular complexity index is 295. The van der Waals surface area contributed by atoms with Gasteiger partial charge in [0.1, 0.15) is 0 Å². The first-order chi connectivity index (χ1) is 6.09. The van der Waals surface area contributed by atoms with Crippen LogP contribution < -0.4 is 4.90 Å². The maximum Gasteiger partial charge on any atom is 0.307 e. The van der Waals surface area contributed by atoms with Crippen LogP contribution in [0.5, 0.6) is 0 Å². The van der Waals surface area contributed by atoms with Gasteiger partial charge in [-0.25, -0.2) is 0 Å². The number of rotatable bonds is 3. The van der Waals surface area contributed by atoms with Crippen molar-refractivity contribution in [2.75, 3.05) is 19.0 Å². The number of carbonyl (C=O) groups is 1. The molecule has 3 nitrogen and oxygen atoms in total. The van der Waals surface area contributed by atoms with Crippen LogP contribution in [-0.4, -0.2) is 25.2 Å². The predicted molar refractivity (Wildman–Crippen MR) is 59.4 cm³/mol. The summed E-state index contributed by atoms with van der Waals surface area (Å²) in [5.41, 5.74) is 1.91. The van der Waals surface area contributed by atoms with Crippen molar-refractivity contribution in [3.05, 3.63) is 29.8 Å². The van der Waals surface area contributed by atoms with E-state index in [2.05, 4.69) is 0 Å². The van der Waals surface area contributed by atoms with E-state index in [-0.39, 0.29) is 18.8 Å². The Hall–Kier alpha value is -1.22. The van der Waals surface area contributed by atoms with Gasteiger partial charge in [0.05, 0.1) is 6.42 Å². The molecular weight excluding hydrogens is 202 g/mol. The fraction of sp³-hybridized carbons (Fsp3) is 0.300. The van der Waals surface area contributed by atoms with Crippen LogP contribution in [0.2, 0.25) is 0 Å². The number of hydrogen-bond acceptors (Lipinski definition) is 2. The number of carboxylic acids is 1. The SMILES string of the molecule is CN(C)c1ccc(CC(=O)O)cc1.Cl. The summed E-state index contributed by atoms with van der Waals surface area (Å²) in [6, 6.07) is 7.50. The van der Waals surface area contributed by atoms with Gasteiger partial charge in [-0.1, -0.05) is 12.1 Å². The zero-order valence-corrected chi connectivity index (χ0v) is 9.04. The average molecular weight is 216 g/mol. The molecule has 0 radical (unpaired) electrons. The second-order valence-corrected chi connectivity index (χ2v) is 3.13. The maximum absolute atomic E-state index is 10.4. The molecule has 0 bridgehead atoms. The summed E-state index contributed by atoms with van der Waals surface area (Å²) in [5.74, 6) is -0.794. The van der Waals surface area contributed by atoms with Gasteiger partial charge >= 0.3 is 5.97 Å². The third-order valence-corrected chi connectivity index (χ3v) is 1.81. The van der Waals surface area contributed by atoms with Gasteiger partial charge in [0, 0.05) is 19.8 Å². The van der Waals surface area contributed by atoms with Gasteiger partial charge in [0.2, 0.25) is 0 Å². The Labute approximate surface area is 89.8 Å². The van der Waals surface area contributed by atoms with Gasteiger partial charge in [0.25, 0.3) is 0 Å². The van der Waals surface area contributed by atoms with E-state index in [1.807, 2.05) is 43.3 Å². The fourth-order valence-corrected chi connectivity index (χ4v) is 1.09. The summed E-state index contributed by atoms with van der Waals surface area (Å²) in [6.45, 7) is 0. The molecule has 0 atom stereocenters. The molecule has 0 saturated carbocycles. The van der Waals surface area contributed by atoms with Crippen LogP contribution in [-0.2, 0) is 11.2 Å². The number of hydrogen-bond donors (Lipinski definition) is 1. The van der Waals surface area contributed by atoms with E-state index in [1.54, 1.807) is 0 Å². The van der Waals surface area contributed by atoms with Gasteiger partial charge < -0.3 is 10.0 Å². The van der Waals surface area contributed by atoms with Crippen molar-refractivity contribution in [1.29, 1.82) is 0 Å². The van der Waals surface area contributed by atoms with E-state index in [1.165, 1.54) is 0 Å². The van der Waals surface area contributed by atoms with Gasteiger partial charge in [-0.05, 0) is 17.7 Å². The molecule has 1 rings (SSSR count). The summed E-state index contributed by atoms with van der Waals surface area (Å²) in [6.07, 6.45) is 0.0910. The van der Waals surface area contributed by atoms with Crippen LogP contribution in [0.1, 0.15) is 5.56 Å². The molecule has 0 amide bonds. The Morgan fingerprint density at radius 1 is 1.29 bits per heavy atom. The van der Waals surface area contributed by atoms with E-state index in [9.17, 15) is 4.79 Å². The van der Waals surface area contributed by atoms with Crippen LogP contribution in [0.15, 0.2) is 24.3 Å². The second-order valence-electron chi connectivity index (χ2n) is 3.13. The van der Waals surface area contributed by atoms with Crippen molar-refractivity contribution in [3.8, 4) is 0 Å². The third kappa shape index (κ3) is 3.66. The maximum atomic E-state index is 10.4. The zero-order valence-electron chi connectivity index (χ0n) is 8.23. The number of benzene rings is 1. The molecule has 0 fully saturated rings. The predicted octanol–water partition coefficient (Wildman–Crippen LogP) is 1.80. The van der Waals surface area contributed by atoms with Crippen molar-refractivity contribution < 1.29 is 9.90 Å². The highest BCUT2D eigenvalue weighted by molar-refractivity contribution is 5.85. The normalized spacial score (nSPS) is 9.00. The summed E-state index contributed by atoms with van der Waals surface area (Å²) in [4.78, 5) is 12.4. The van der Waals surface area contributed by atoms with Crippen molar-refractivity contribution in [2.24, 2.45) is 0 Å². The number of nitrogens with zero attached hydrogens (tertiary/aromatic N) is 1. The summed E-state index contributed by atoms with van der Waals surface area (Å²) >= 11 is 0. The monoisotopic (exact) mass is 215 g/mol. The smallest absolute Gasteiger partial charge is 0.307 e. The van der Waals surface area contributed by atoms with Crippen molar-refractivity contribution in [2.45, 2.75) is 6.42 Å². The zero-order chi connectivity index (χ0) is 9.84. The molecule has 0 aromatic heterocycles. The van der Waals surface area contributed by atoms with Gasteiger partial charge in [-0.15, -0.1) is 12.4 Å². The Morgan fingerprint density at radius 3 is 2.14 bits per heavy atom. The van der Waals surface area contributed by atoms with Crippen LogP contribution in [0.3, 0.4) is 0 Å². The molecule has 0 saturated heterocycles. The summed E-state index contributed by atoms with van der Waals surface area (Å²) in [7, 11) is 3.90. The Kier molecular flexibility index (Phi) is 5.02. The van der Waals surface area contributed by atoms with Gasteiger partial charge in [-0.2, -0.15) is 0 Å². The highest BCUT2D eigenvalue weighted by Gasteiger charge is 2.00. The largest absolute Gasteiger partial charge is 0.481 e. The summed E-state index contributed by atoms with van der Waals surface area (Å²) in [5, 5.41) is 8.53. The molecule has 0 aliphatic carbocycles. The standard InChI is InChI=1S/C10H13NO2.ClH/c1-11(2)9-5-3-8(4-6-9)7-10(12)13;/h3-6H,7H2,1-2H3,(H,12,13);1H. The molecule has 4 heteroatoms. The molecule has 1 N–H and O–H groups in total. The number of halogens is 1. The van der Waals surface area contributed by atoms with Crippen LogP contribution in [0.4, 0.5) is 5.69 Å². The van der Waals surface area contributed by atoms with E-state index < -0.39 is 5.97 Å². The highest BCUT2D eigenvalue weighted by Crippen LogP contribution is 2.12. The third-order valence-electron chi connectivity index (χ3n) is 1.81. The average Bonchev–Trinajstić information content (AvgIpc) is 2.04. The summed E-state index contributed by atoms with van der Waals surface area (Å²) < 4.78 is 0. The first kappa shape index (κ1) is 12.8. The number of carboxylic acid groups (broad SMARTS) is 1. The van der Waals surface area contributed by atoms with E-state index in [0.29, 0.717) is 0 Å². The van der Waals surface area contributed by atoms with Gasteiger partial charge in [0.15, 0.2) is 0 Å². The molecule has 0 spiro atoms. The first-order valence-corrected chi connectivity index (χ1v) is 4.07. The van der Waals surface area contributed by atoms with Crippen molar-refractivity contribution in [1.82, 2.24) is 0 Å². The lowest BCUT2D eigenvalue weighted by molar-refractivity contribution is -0.136. The molecule has 78 valence electrons. The molecular formula is C10H14ClNO2. The quantitative estimate of drug-likeness (QED) is 0.836. The fourth-order valence-electron chi connectivity index (χ4n) is 1.09. The molecule has 0 aliphatic rings. The molecule has 0 aliphatic heterocycles. The highest BCUT2D eigenvalue weighted by atomic mass is 35.5. The second kappa shape index (κ2) is 5.50. The minimum Gasteiger partial charge on any atom is -0.481 e. The number of anilines is 1. The molecule has 1 aromatic rings. The lowest BCUT2D eigenvalue weighted by atomic mass is 10.1. The van der Waals surface area contributed by atoms with Crippen molar-refractivity contribution >= 4 is 24.1 Å².